The molecule has 2 aromatic heterocycles. The van der Waals surface area contributed by atoms with Crippen molar-refractivity contribution >= 4 is 27.5 Å². The molecule has 4 heteroatoms. The van der Waals surface area contributed by atoms with E-state index in [0.29, 0.717) is 29.3 Å². The maximum atomic E-state index is 5.21. The van der Waals surface area contributed by atoms with Gasteiger partial charge in [0, 0.05) is 43.0 Å². The molecule has 8 aromatic rings. The van der Waals surface area contributed by atoms with E-state index in [4.69, 9.17) is 15.0 Å². The molecule has 0 saturated carbocycles. The summed E-state index contributed by atoms with van der Waals surface area (Å²) >= 11 is 1.91. The van der Waals surface area contributed by atoms with Gasteiger partial charge in [0.15, 0.2) is 17.5 Å². The van der Waals surface area contributed by atoms with Crippen LogP contribution >= 0.6 is 11.3 Å². The van der Waals surface area contributed by atoms with E-state index in [1.165, 1.54) is 59.5 Å². The van der Waals surface area contributed by atoms with Gasteiger partial charge in [0.1, 0.15) is 0 Å². The number of hydrogen-bond acceptors (Lipinski definition) is 4. The first-order valence-electron chi connectivity index (χ1n) is 20.4. The molecule has 1 spiro atoms. The van der Waals surface area contributed by atoms with Gasteiger partial charge in [0.2, 0.25) is 0 Å². The van der Waals surface area contributed by atoms with Crippen molar-refractivity contribution in [3.63, 3.8) is 0 Å². The molecule has 4 aliphatic rings. The van der Waals surface area contributed by atoms with Crippen molar-refractivity contribution in [3.8, 4) is 56.4 Å². The highest BCUT2D eigenvalue weighted by atomic mass is 32.1. The van der Waals surface area contributed by atoms with Crippen LogP contribution in [0.15, 0.2) is 170 Å². The Morgan fingerprint density at radius 2 is 1.26 bits per heavy atom. The summed E-state index contributed by atoms with van der Waals surface area (Å²) < 4.78 is 1.30. The molecule has 2 heterocycles. The molecular formula is C54H39N3S. The van der Waals surface area contributed by atoms with Gasteiger partial charge in [-0.05, 0) is 92.7 Å². The number of rotatable bonds is 4. The normalized spacial score (nSPS) is 21.8. The van der Waals surface area contributed by atoms with Gasteiger partial charge in [-0.15, -0.1) is 11.3 Å². The fourth-order valence-electron chi connectivity index (χ4n) is 10.8. The van der Waals surface area contributed by atoms with Crippen molar-refractivity contribution in [1.82, 2.24) is 15.0 Å². The van der Waals surface area contributed by atoms with E-state index in [-0.39, 0.29) is 10.8 Å². The zero-order valence-electron chi connectivity index (χ0n) is 32.4. The van der Waals surface area contributed by atoms with Crippen molar-refractivity contribution in [2.75, 3.05) is 0 Å². The summed E-state index contributed by atoms with van der Waals surface area (Å²) in [7, 11) is 0. The molecule has 276 valence electrons. The van der Waals surface area contributed by atoms with Crippen molar-refractivity contribution in [1.29, 1.82) is 0 Å². The topological polar surface area (TPSA) is 38.7 Å². The van der Waals surface area contributed by atoms with Crippen molar-refractivity contribution in [2.45, 2.75) is 37.5 Å². The van der Waals surface area contributed by atoms with Crippen LogP contribution in [0, 0.1) is 5.41 Å². The van der Waals surface area contributed by atoms with Gasteiger partial charge in [0.25, 0.3) is 0 Å². The van der Waals surface area contributed by atoms with E-state index in [9.17, 15) is 0 Å². The van der Waals surface area contributed by atoms with E-state index in [0.717, 1.165) is 28.7 Å². The predicted octanol–water partition coefficient (Wildman–Crippen LogP) is 13.8. The van der Waals surface area contributed by atoms with E-state index in [1.54, 1.807) is 0 Å². The molecule has 0 amide bonds. The second-order valence-corrected chi connectivity index (χ2v) is 17.6. The van der Waals surface area contributed by atoms with E-state index in [1.807, 2.05) is 29.5 Å². The molecule has 0 radical (unpaired) electrons. The molecule has 12 rings (SSSR count). The Morgan fingerprint density at radius 1 is 0.586 bits per heavy atom. The van der Waals surface area contributed by atoms with Crippen LogP contribution in [0.4, 0.5) is 0 Å². The second-order valence-electron chi connectivity index (χ2n) is 16.5. The van der Waals surface area contributed by atoms with Crippen LogP contribution < -0.4 is 0 Å². The van der Waals surface area contributed by atoms with Gasteiger partial charge in [-0.25, -0.2) is 15.0 Å². The molecule has 4 atom stereocenters. The Balaban J connectivity index is 0.996. The maximum absolute atomic E-state index is 5.21. The highest BCUT2D eigenvalue weighted by molar-refractivity contribution is 7.19. The molecule has 58 heavy (non-hydrogen) atoms. The first-order valence-corrected chi connectivity index (χ1v) is 21.2. The number of thiophene rings is 1. The van der Waals surface area contributed by atoms with Gasteiger partial charge in [0.05, 0.1) is 5.41 Å². The Labute approximate surface area is 342 Å². The first-order chi connectivity index (χ1) is 28.5. The molecule has 0 bridgehead atoms. The fraction of sp³-hybridized carbons (Fsp3) is 0.130. The number of hydrogen-bond donors (Lipinski definition) is 0. The number of nitrogens with zero attached hydrogens (tertiary/aromatic N) is 3. The van der Waals surface area contributed by atoms with Crippen LogP contribution in [-0.2, 0) is 5.41 Å². The lowest BCUT2D eigenvalue weighted by Gasteiger charge is -2.45. The molecule has 3 nitrogen and oxygen atoms in total. The summed E-state index contributed by atoms with van der Waals surface area (Å²) in [6, 6.07) is 51.1. The lowest BCUT2D eigenvalue weighted by molar-refractivity contribution is 0.294. The van der Waals surface area contributed by atoms with Crippen LogP contribution in [0.5, 0.6) is 0 Å². The largest absolute Gasteiger partial charge is 0.208 e. The highest BCUT2D eigenvalue weighted by Gasteiger charge is 2.63. The molecular weight excluding hydrogens is 723 g/mol. The first kappa shape index (κ1) is 33.6. The zero-order valence-corrected chi connectivity index (χ0v) is 33.2. The van der Waals surface area contributed by atoms with Crippen LogP contribution in [0.1, 0.15) is 64.8 Å². The lowest BCUT2D eigenvalue weighted by Crippen LogP contribution is -2.42. The SMILES string of the molecule is CC1CC=Cc2c1sc1ccc(-c3nc(-c4ccccc4)nc(-c4cccc(-c5ccc6c(c5)-c5ccccc5C65c6ccccc6C6C=CC=CC65C)c4)n3)cc21. The van der Waals surface area contributed by atoms with Crippen LogP contribution in [-0.4, -0.2) is 15.0 Å². The second kappa shape index (κ2) is 12.5. The molecule has 0 aliphatic heterocycles. The summed E-state index contributed by atoms with van der Waals surface area (Å²) in [5.41, 5.74) is 14.4. The summed E-state index contributed by atoms with van der Waals surface area (Å²) in [5, 5.41) is 1.27. The Bertz CT molecular complexity index is 3100. The number of aromatic nitrogens is 3. The Morgan fingerprint density at radius 3 is 2.12 bits per heavy atom. The Hall–Kier alpha value is -6.49. The molecule has 4 aliphatic carbocycles. The van der Waals surface area contributed by atoms with Crippen molar-refractivity contribution in [2.24, 2.45) is 5.41 Å². The Kier molecular flexibility index (Phi) is 7.25. The highest BCUT2D eigenvalue weighted by Crippen LogP contribution is 2.71. The molecule has 0 fully saturated rings. The van der Waals surface area contributed by atoms with Gasteiger partial charge in [-0.1, -0.05) is 159 Å². The van der Waals surface area contributed by atoms with Crippen molar-refractivity contribution < 1.29 is 0 Å². The van der Waals surface area contributed by atoms with E-state index >= 15 is 0 Å². The van der Waals surface area contributed by atoms with Crippen molar-refractivity contribution in [3.05, 3.63) is 203 Å². The zero-order chi connectivity index (χ0) is 38.6. The third-order valence-electron chi connectivity index (χ3n) is 13.4. The quantitative estimate of drug-likeness (QED) is 0.179. The number of fused-ring (bicyclic) bond motifs is 13. The van der Waals surface area contributed by atoms with Crippen LogP contribution in [0.3, 0.4) is 0 Å². The minimum absolute atomic E-state index is 0.149. The average Bonchev–Trinajstić information content (AvgIpc) is 3.89. The average molecular weight is 762 g/mol. The van der Waals surface area contributed by atoms with E-state index < -0.39 is 0 Å². The summed E-state index contributed by atoms with van der Waals surface area (Å²) in [4.78, 5) is 16.9. The maximum Gasteiger partial charge on any atom is 0.164 e. The van der Waals surface area contributed by atoms with Gasteiger partial charge < -0.3 is 0 Å². The molecule has 0 saturated heterocycles. The third-order valence-corrected chi connectivity index (χ3v) is 14.8. The number of benzene rings is 6. The minimum atomic E-state index is -0.295. The van der Waals surface area contributed by atoms with Gasteiger partial charge in [-0.3, -0.25) is 0 Å². The lowest BCUT2D eigenvalue weighted by atomic mass is 9.56. The smallest absolute Gasteiger partial charge is 0.164 e. The number of allylic oxidation sites excluding steroid dienone is 5. The summed E-state index contributed by atoms with van der Waals surface area (Å²) in [6.07, 6.45) is 15.1. The molecule has 0 N–H and O–H groups in total. The molecule has 4 unspecified atom stereocenters. The van der Waals surface area contributed by atoms with Gasteiger partial charge in [-0.2, -0.15) is 0 Å². The van der Waals surface area contributed by atoms with Crippen LogP contribution in [0.2, 0.25) is 0 Å². The molecule has 6 aromatic carbocycles. The standard InChI is InChI=1S/C54H39N3S/c1-33-14-12-21-40-43-32-38(26-28-48(43)58-49(33)40)52-56-50(34-15-4-3-5-16-34)55-51(57-52)37-18-13-17-35(30-37)36-25-27-47-42(31-36)39-19-6-8-23-45(39)54(47)46-24-9-7-20-41(46)44-22-10-11-29-53(44,54)2/h3-13,15-33,44H,14H2,1-2H3. The fourth-order valence-corrected chi connectivity index (χ4v) is 12.0. The predicted molar refractivity (Wildman–Crippen MR) is 240 cm³/mol. The van der Waals surface area contributed by atoms with Gasteiger partial charge >= 0.3 is 0 Å². The minimum Gasteiger partial charge on any atom is -0.208 e. The summed E-state index contributed by atoms with van der Waals surface area (Å²) in [6.45, 7) is 4.79. The van der Waals surface area contributed by atoms with Crippen LogP contribution in [0.25, 0.3) is 72.6 Å². The van der Waals surface area contributed by atoms with E-state index in [2.05, 4.69) is 172 Å². The summed E-state index contributed by atoms with van der Waals surface area (Å²) in [5.74, 6) is 2.84. The monoisotopic (exact) mass is 761 g/mol. The third kappa shape index (κ3) is 4.64.